The van der Waals surface area contributed by atoms with Crippen molar-refractivity contribution in [2.24, 2.45) is 0 Å². The highest BCUT2D eigenvalue weighted by atomic mass is 16.5. The molecule has 2 heterocycles. The van der Waals surface area contributed by atoms with E-state index in [4.69, 9.17) is 4.74 Å². The Balaban J connectivity index is 1.59. The fourth-order valence-electron chi connectivity index (χ4n) is 3.02. The molecule has 26 heavy (non-hydrogen) atoms. The summed E-state index contributed by atoms with van der Waals surface area (Å²) < 4.78 is 6.99. The largest absolute Gasteiger partial charge is 0.448 e. The number of fused-ring (bicyclic) bond motifs is 1. The number of aryl methyl sites for hydroxylation is 1. The van der Waals surface area contributed by atoms with E-state index in [0.717, 1.165) is 16.8 Å². The third kappa shape index (κ3) is 2.86. The SMILES string of the molecule is Cc1cnn(-c2ccccc2)c1NC(=O)[C@@H]1Cc2ccccc2C(=O)O1. The van der Waals surface area contributed by atoms with Gasteiger partial charge in [-0.15, -0.1) is 0 Å². The first kappa shape index (κ1) is 16.1. The highest BCUT2D eigenvalue weighted by Gasteiger charge is 2.31. The number of anilines is 1. The van der Waals surface area contributed by atoms with E-state index in [1.807, 2.05) is 49.4 Å². The van der Waals surface area contributed by atoms with Crippen molar-refractivity contribution in [3.8, 4) is 5.69 Å². The van der Waals surface area contributed by atoms with Gasteiger partial charge in [-0.05, 0) is 30.7 Å². The van der Waals surface area contributed by atoms with Gasteiger partial charge in [-0.2, -0.15) is 5.10 Å². The smallest absolute Gasteiger partial charge is 0.339 e. The molecule has 4 rings (SSSR count). The Hall–Kier alpha value is -3.41. The number of aromatic nitrogens is 2. The molecule has 130 valence electrons. The highest BCUT2D eigenvalue weighted by molar-refractivity contribution is 6.00. The van der Waals surface area contributed by atoms with Crippen molar-refractivity contribution in [2.75, 3.05) is 5.32 Å². The molecule has 0 saturated carbocycles. The first-order valence-corrected chi connectivity index (χ1v) is 8.33. The molecule has 0 unspecified atom stereocenters. The van der Waals surface area contributed by atoms with Crippen LogP contribution in [0, 0.1) is 6.92 Å². The van der Waals surface area contributed by atoms with Crippen LogP contribution in [-0.4, -0.2) is 27.8 Å². The van der Waals surface area contributed by atoms with Gasteiger partial charge in [0.15, 0.2) is 6.10 Å². The molecule has 1 aliphatic heterocycles. The van der Waals surface area contributed by atoms with Crippen LogP contribution in [0.4, 0.5) is 5.82 Å². The number of benzene rings is 2. The lowest BCUT2D eigenvalue weighted by Gasteiger charge is -2.24. The molecule has 2 aromatic carbocycles. The van der Waals surface area contributed by atoms with Gasteiger partial charge >= 0.3 is 5.97 Å². The Morgan fingerprint density at radius 2 is 1.88 bits per heavy atom. The molecule has 1 amide bonds. The zero-order valence-electron chi connectivity index (χ0n) is 14.2. The Morgan fingerprint density at radius 1 is 1.15 bits per heavy atom. The predicted molar refractivity (Wildman–Crippen MR) is 96.3 cm³/mol. The number of nitrogens with one attached hydrogen (secondary N) is 1. The van der Waals surface area contributed by atoms with Gasteiger partial charge in [-0.25, -0.2) is 9.48 Å². The minimum Gasteiger partial charge on any atom is -0.448 e. The lowest BCUT2D eigenvalue weighted by molar-refractivity contribution is -0.125. The van der Waals surface area contributed by atoms with Crippen LogP contribution in [-0.2, 0) is 16.0 Å². The second-order valence-electron chi connectivity index (χ2n) is 6.17. The van der Waals surface area contributed by atoms with Crippen molar-refractivity contribution < 1.29 is 14.3 Å². The number of carbonyl (C=O) groups excluding carboxylic acids is 2. The van der Waals surface area contributed by atoms with Crippen LogP contribution in [0.2, 0.25) is 0 Å². The molecule has 0 bridgehead atoms. The van der Waals surface area contributed by atoms with Crippen molar-refractivity contribution in [3.05, 3.63) is 77.5 Å². The fourth-order valence-corrected chi connectivity index (χ4v) is 3.02. The van der Waals surface area contributed by atoms with Crippen LogP contribution in [0.5, 0.6) is 0 Å². The summed E-state index contributed by atoms with van der Waals surface area (Å²) >= 11 is 0. The lowest BCUT2D eigenvalue weighted by atomic mass is 9.98. The Morgan fingerprint density at radius 3 is 2.69 bits per heavy atom. The van der Waals surface area contributed by atoms with Gasteiger partial charge in [0.2, 0.25) is 0 Å². The quantitative estimate of drug-likeness (QED) is 0.740. The number of amides is 1. The second kappa shape index (κ2) is 6.48. The number of para-hydroxylation sites is 1. The van der Waals surface area contributed by atoms with E-state index in [1.165, 1.54) is 0 Å². The highest BCUT2D eigenvalue weighted by Crippen LogP contribution is 2.23. The topological polar surface area (TPSA) is 73.2 Å². The summed E-state index contributed by atoms with van der Waals surface area (Å²) in [6.07, 6.45) is 1.17. The minimum absolute atomic E-state index is 0.353. The summed E-state index contributed by atoms with van der Waals surface area (Å²) in [7, 11) is 0. The van der Waals surface area contributed by atoms with Gasteiger partial charge in [0, 0.05) is 12.0 Å². The molecule has 6 heteroatoms. The summed E-state index contributed by atoms with van der Waals surface area (Å²) in [6.45, 7) is 1.87. The Labute approximate surface area is 150 Å². The van der Waals surface area contributed by atoms with Gasteiger partial charge in [-0.1, -0.05) is 36.4 Å². The average Bonchev–Trinajstić information content (AvgIpc) is 3.03. The first-order chi connectivity index (χ1) is 12.6. The van der Waals surface area contributed by atoms with Crippen molar-refractivity contribution in [2.45, 2.75) is 19.4 Å². The van der Waals surface area contributed by atoms with E-state index in [9.17, 15) is 9.59 Å². The third-order valence-corrected chi connectivity index (χ3v) is 4.38. The fraction of sp³-hybridized carbons (Fsp3) is 0.150. The zero-order chi connectivity index (χ0) is 18.1. The molecule has 3 aromatic rings. The van der Waals surface area contributed by atoms with Crippen LogP contribution in [0.25, 0.3) is 5.69 Å². The van der Waals surface area contributed by atoms with E-state index >= 15 is 0 Å². The molecule has 0 aliphatic carbocycles. The second-order valence-corrected chi connectivity index (χ2v) is 6.17. The predicted octanol–water partition coefficient (Wildman–Crippen LogP) is 2.90. The number of hydrogen-bond acceptors (Lipinski definition) is 4. The first-order valence-electron chi connectivity index (χ1n) is 8.33. The molecule has 0 spiro atoms. The molecule has 1 aliphatic rings. The number of cyclic esters (lactones) is 1. The molecule has 0 saturated heterocycles. The van der Waals surface area contributed by atoms with E-state index < -0.39 is 12.1 Å². The third-order valence-electron chi connectivity index (χ3n) is 4.38. The van der Waals surface area contributed by atoms with E-state index in [2.05, 4.69) is 10.4 Å². The lowest BCUT2D eigenvalue weighted by Crippen LogP contribution is -2.38. The number of ether oxygens (including phenoxy) is 1. The number of carbonyl (C=O) groups is 2. The molecule has 1 N–H and O–H groups in total. The van der Waals surface area contributed by atoms with Gasteiger partial charge < -0.3 is 10.1 Å². The molecule has 6 nitrogen and oxygen atoms in total. The molecule has 0 fully saturated rings. The standard InChI is InChI=1S/C20H17N3O3/c1-13-12-21-23(15-8-3-2-4-9-15)18(13)22-19(24)17-11-14-7-5-6-10-16(14)20(25)26-17/h2-10,12,17H,11H2,1H3,(H,22,24)/t17-/m0/s1. The van der Waals surface area contributed by atoms with Crippen molar-refractivity contribution in [1.82, 2.24) is 9.78 Å². The summed E-state index contributed by atoms with van der Waals surface area (Å²) in [4.78, 5) is 24.9. The molecular weight excluding hydrogens is 330 g/mol. The molecular formula is C20H17N3O3. The molecule has 1 aromatic heterocycles. The van der Waals surface area contributed by atoms with E-state index in [-0.39, 0.29) is 5.91 Å². The molecule has 1 atom stereocenters. The van der Waals surface area contributed by atoms with Crippen LogP contribution >= 0.6 is 0 Å². The van der Waals surface area contributed by atoms with Crippen molar-refractivity contribution in [1.29, 1.82) is 0 Å². The normalized spacial score (nSPS) is 15.9. The monoisotopic (exact) mass is 347 g/mol. The Kier molecular flexibility index (Phi) is 4.01. The van der Waals surface area contributed by atoms with Crippen molar-refractivity contribution in [3.63, 3.8) is 0 Å². The molecule has 0 radical (unpaired) electrons. The number of nitrogens with zero attached hydrogens (tertiary/aromatic N) is 2. The van der Waals surface area contributed by atoms with Crippen LogP contribution < -0.4 is 5.32 Å². The van der Waals surface area contributed by atoms with Gasteiger partial charge in [0.25, 0.3) is 5.91 Å². The number of hydrogen-bond donors (Lipinski definition) is 1. The summed E-state index contributed by atoms with van der Waals surface area (Å²) in [5, 5.41) is 7.19. The number of rotatable bonds is 3. The van der Waals surface area contributed by atoms with Crippen LogP contribution in [0.1, 0.15) is 21.5 Å². The van der Waals surface area contributed by atoms with Gasteiger partial charge in [0.05, 0.1) is 17.4 Å². The van der Waals surface area contributed by atoms with Crippen LogP contribution in [0.3, 0.4) is 0 Å². The maximum absolute atomic E-state index is 12.7. The summed E-state index contributed by atoms with van der Waals surface area (Å²) in [6, 6.07) is 16.7. The van der Waals surface area contributed by atoms with Gasteiger partial charge in [0.1, 0.15) is 5.82 Å². The zero-order valence-corrected chi connectivity index (χ0v) is 14.2. The van der Waals surface area contributed by atoms with Crippen molar-refractivity contribution >= 4 is 17.7 Å². The maximum atomic E-state index is 12.7. The Bertz CT molecular complexity index is 979. The summed E-state index contributed by atoms with van der Waals surface area (Å²) in [5.74, 6) is -0.273. The van der Waals surface area contributed by atoms with Crippen LogP contribution in [0.15, 0.2) is 60.8 Å². The van der Waals surface area contributed by atoms with Gasteiger partial charge in [-0.3, -0.25) is 4.79 Å². The number of esters is 1. The maximum Gasteiger partial charge on any atom is 0.339 e. The van der Waals surface area contributed by atoms with E-state index in [1.54, 1.807) is 23.0 Å². The average molecular weight is 347 g/mol. The van der Waals surface area contributed by atoms with E-state index in [0.29, 0.717) is 17.8 Å². The summed E-state index contributed by atoms with van der Waals surface area (Å²) in [5.41, 5.74) is 2.99. The minimum atomic E-state index is -0.865.